The van der Waals surface area contributed by atoms with Crippen LogP contribution in [-0.2, 0) is 20.7 Å². The van der Waals surface area contributed by atoms with Crippen molar-refractivity contribution in [3.05, 3.63) is 17.7 Å². The highest BCUT2D eigenvalue weighted by Crippen LogP contribution is 2.38. The molecule has 0 N–H and O–H groups in total. The lowest BCUT2D eigenvalue weighted by atomic mass is 10.1. The normalized spacial score (nSPS) is 11.4. The second-order valence-corrected chi connectivity index (χ2v) is 5.08. The number of rotatable bonds is 7. The molecule has 7 heteroatoms. The van der Waals surface area contributed by atoms with Crippen LogP contribution in [0.25, 0.3) is 0 Å². The van der Waals surface area contributed by atoms with Gasteiger partial charge in [-0.25, -0.2) is 0 Å². The summed E-state index contributed by atoms with van der Waals surface area (Å²) in [6.07, 6.45) is -0.846. The minimum Gasteiger partial charge on any atom is -0.493 e. The summed E-state index contributed by atoms with van der Waals surface area (Å²) in [4.78, 5) is 25.1. The quantitative estimate of drug-likeness (QED) is 0.703. The van der Waals surface area contributed by atoms with Crippen LogP contribution in [0.5, 0.6) is 17.2 Å². The number of hydrogen-bond acceptors (Lipinski definition) is 6. The SMILES string of the molecule is COc1cc(CC(=O)O[C@@H](C)C(=O)N(C)C)cc(OC)c1OC. The third kappa shape index (κ3) is 4.77. The Hall–Kier alpha value is -2.44. The molecule has 0 bridgehead atoms. The first kappa shape index (κ1) is 18.6. The van der Waals surface area contributed by atoms with Crippen molar-refractivity contribution in [1.82, 2.24) is 4.90 Å². The lowest BCUT2D eigenvalue weighted by molar-refractivity contribution is -0.157. The first-order valence-electron chi connectivity index (χ1n) is 7.03. The third-order valence-corrected chi connectivity index (χ3v) is 3.17. The third-order valence-electron chi connectivity index (χ3n) is 3.17. The van der Waals surface area contributed by atoms with Crippen LogP contribution in [-0.4, -0.2) is 58.3 Å². The van der Waals surface area contributed by atoms with Gasteiger partial charge < -0.3 is 23.8 Å². The van der Waals surface area contributed by atoms with Gasteiger partial charge in [0.05, 0.1) is 27.8 Å². The van der Waals surface area contributed by atoms with Crippen LogP contribution in [0.1, 0.15) is 12.5 Å². The van der Waals surface area contributed by atoms with Gasteiger partial charge in [0.1, 0.15) is 0 Å². The molecule has 1 atom stereocenters. The fourth-order valence-electron chi connectivity index (χ4n) is 2.06. The molecule has 1 amide bonds. The molecule has 0 aliphatic rings. The maximum Gasteiger partial charge on any atom is 0.311 e. The van der Waals surface area contributed by atoms with E-state index in [0.717, 1.165) is 0 Å². The predicted octanol–water partition coefficient (Wildman–Crippen LogP) is 1.27. The standard InChI is InChI=1S/C16H23NO6/c1-10(16(19)17(2)3)23-14(18)9-11-7-12(20-4)15(22-6)13(8-11)21-5/h7-8,10H,9H2,1-6H3/t10-/m0/s1. The van der Waals surface area contributed by atoms with E-state index in [-0.39, 0.29) is 12.3 Å². The van der Waals surface area contributed by atoms with Gasteiger partial charge in [-0.1, -0.05) is 0 Å². The highest BCUT2D eigenvalue weighted by atomic mass is 16.5. The van der Waals surface area contributed by atoms with Crippen LogP contribution in [0.2, 0.25) is 0 Å². The summed E-state index contributed by atoms with van der Waals surface area (Å²) in [5.74, 6) is 0.563. The van der Waals surface area contributed by atoms with Gasteiger partial charge in [0.25, 0.3) is 5.91 Å². The monoisotopic (exact) mass is 325 g/mol. The second-order valence-electron chi connectivity index (χ2n) is 5.08. The number of ether oxygens (including phenoxy) is 4. The maximum atomic E-state index is 12.0. The maximum absolute atomic E-state index is 12.0. The molecule has 1 rings (SSSR count). The van der Waals surface area contributed by atoms with Crippen molar-refractivity contribution in [3.8, 4) is 17.2 Å². The zero-order valence-corrected chi connectivity index (χ0v) is 14.3. The molecule has 1 aromatic carbocycles. The smallest absolute Gasteiger partial charge is 0.311 e. The Balaban J connectivity index is 2.88. The van der Waals surface area contributed by atoms with Gasteiger partial charge in [0.15, 0.2) is 17.6 Å². The molecular weight excluding hydrogens is 302 g/mol. The molecule has 0 aliphatic heterocycles. The average molecular weight is 325 g/mol. The number of carbonyl (C=O) groups is 2. The van der Waals surface area contributed by atoms with Crippen molar-refractivity contribution in [2.24, 2.45) is 0 Å². The fraction of sp³-hybridized carbons (Fsp3) is 0.500. The van der Waals surface area contributed by atoms with E-state index in [9.17, 15) is 9.59 Å². The number of hydrogen-bond donors (Lipinski definition) is 0. The van der Waals surface area contributed by atoms with Crippen LogP contribution in [0.3, 0.4) is 0 Å². The molecule has 128 valence electrons. The van der Waals surface area contributed by atoms with Gasteiger partial charge in [-0.15, -0.1) is 0 Å². The summed E-state index contributed by atoms with van der Waals surface area (Å²) in [6, 6.07) is 3.34. The van der Waals surface area contributed by atoms with Crippen molar-refractivity contribution >= 4 is 11.9 Å². The molecule has 7 nitrogen and oxygen atoms in total. The van der Waals surface area contributed by atoms with Crippen LogP contribution in [0.4, 0.5) is 0 Å². The van der Waals surface area contributed by atoms with Crippen LogP contribution >= 0.6 is 0 Å². The number of nitrogens with zero attached hydrogens (tertiary/aromatic N) is 1. The summed E-state index contributed by atoms with van der Waals surface area (Å²) in [5.41, 5.74) is 0.633. The largest absolute Gasteiger partial charge is 0.493 e. The van der Waals surface area contributed by atoms with Crippen molar-refractivity contribution in [2.75, 3.05) is 35.4 Å². The highest BCUT2D eigenvalue weighted by Gasteiger charge is 2.21. The first-order chi connectivity index (χ1) is 10.8. The molecule has 0 aromatic heterocycles. The van der Waals surface area contributed by atoms with E-state index >= 15 is 0 Å². The molecule has 1 aromatic rings. The molecule has 0 fully saturated rings. The molecule has 23 heavy (non-hydrogen) atoms. The number of carbonyl (C=O) groups excluding carboxylic acids is 2. The van der Waals surface area contributed by atoms with Gasteiger partial charge in [-0.05, 0) is 24.6 Å². The number of benzene rings is 1. The average Bonchev–Trinajstić information content (AvgIpc) is 2.52. The number of esters is 1. The minimum absolute atomic E-state index is 0.0121. The van der Waals surface area contributed by atoms with E-state index in [1.165, 1.54) is 33.2 Å². The Kier molecular flexibility index (Phi) is 6.68. The Morgan fingerprint density at radius 1 is 1.04 bits per heavy atom. The minimum atomic E-state index is -0.834. The number of methoxy groups -OCH3 is 3. The fourth-order valence-corrected chi connectivity index (χ4v) is 2.06. The molecule has 0 heterocycles. The Labute approximate surface area is 136 Å². The molecular formula is C16H23NO6. The number of likely N-dealkylation sites (N-methyl/N-ethyl adjacent to an activating group) is 1. The first-order valence-corrected chi connectivity index (χ1v) is 7.03. The predicted molar refractivity (Wildman–Crippen MR) is 84.1 cm³/mol. The van der Waals surface area contributed by atoms with Crippen LogP contribution in [0.15, 0.2) is 12.1 Å². The van der Waals surface area contributed by atoms with Crippen LogP contribution < -0.4 is 14.2 Å². The van der Waals surface area contributed by atoms with Gasteiger partial charge in [-0.3, -0.25) is 9.59 Å². The molecule has 0 saturated heterocycles. The summed E-state index contributed by atoms with van der Waals surface area (Å²) >= 11 is 0. The van der Waals surface area contributed by atoms with E-state index in [1.807, 2.05) is 0 Å². The lowest BCUT2D eigenvalue weighted by Gasteiger charge is -2.18. The van der Waals surface area contributed by atoms with E-state index < -0.39 is 12.1 Å². The molecule has 0 unspecified atom stereocenters. The summed E-state index contributed by atoms with van der Waals surface area (Å²) in [5, 5.41) is 0. The molecule has 0 spiro atoms. The Morgan fingerprint density at radius 2 is 1.57 bits per heavy atom. The van der Waals surface area contributed by atoms with E-state index in [1.54, 1.807) is 26.2 Å². The van der Waals surface area contributed by atoms with Crippen molar-refractivity contribution in [2.45, 2.75) is 19.4 Å². The van der Waals surface area contributed by atoms with E-state index in [0.29, 0.717) is 22.8 Å². The van der Waals surface area contributed by atoms with Crippen molar-refractivity contribution < 1.29 is 28.5 Å². The second kappa shape index (κ2) is 8.26. The molecule has 0 saturated carbocycles. The summed E-state index contributed by atoms with van der Waals surface area (Å²) in [7, 11) is 7.70. The van der Waals surface area contributed by atoms with Crippen LogP contribution in [0, 0.1) is 0 Å². The van der Waals surface area contributed by atoms with E-state index in [2.05, 4.69) is 0 Å². The van der Waals surface area contributed by atoms with Crippen molar-refractivity contribution in [3.63, 3.8) is 0 Å². The zero-order chi connectivity index (χ0) is 17.6. The van der Waals surface area contributed by atoms with Gasteiger partial charge >= 0.3 is 5.97 Å². The van der Waals surface area contributed by atoms with Crippen molar-refractivity contribution in [1.29, 1.82) is 0 Å². The van der Waals surface area contributed by atoms with Gasteiger partial charge in [-0.2, -0.15) is 0 Å². The number of amides is 1. The van der Waals surface area contributed by atoms with E-state index in [4.69, 9.17) is 18.9 Å². The Bertz CT molecular complexity index is 545. The lowest BCUT2D eigenvalue weighted by Crippen LogP contribution is -2.35. The van der Waals surface area contributed by atoms with Gasteiger partial charge in [0, 0.05) is 14.1 Å². The van der Waals surface area contributed by atoms with Gasteiger partial charge in [0.2, 0.25) is 5.75 Å². The topological polar surface area (TPSA) is 74.3 Å². The highest BCUT2D eigenvalue weighted by molar-refractivity contribution is 5.83. The summed E-state index contributed by atoms with van der Waals surface area (Å²) in [6.45, 7) is 1.54. The molecule has 0 radical (unpaired) electrons. The summed E-state index contributed by atoms with van der Waals surface area (Å²) < 4.78 is 20.8. The Morgan fingerprint density at radius 3 is 1.96 bits per heavy atom. The molecule has 0 aliphatic carbocycles. The zero-order valence-electron chi connectivity index (χ0n) is 14.3.